The third-order valence-corrected chi connectivity index (χ3v) is 4.19. The third kappa shape index (κ3) is 5.23. The topological polar surface area (TPSA) is 128 Å². The lowest BCUT2D eigenvalue weighted by Crippen LogP contribution is -2.33. The maximum Gasteiger partial charge on any atom is 0.261 e. The smallest absolute Gasteiger partial charge is 0.261 e. The summed E-state index contributed by atoms with van der Waals surface area (Å²) in [4.78, 5) is 25.3. The van der Waals surface area contributed by atoms with E-state index < -0.39 is 11.8 Å². The van der Waals surface area contributed by atoms with E-state index >= 15 is 0 Å². The summed E-state index contributed by atoms with van der Waals surface area (Å²) in [6.45, 7) is 1.40. The zero-order valence-electron chi connectivity index (χ0n) is 16.7. The summed E-state index contributed by atoms with van der Waals surface area (Å²) in [7, 11) is 3.22. The molecule has 1 aliphatic rings. The largest absolute Gasteiger partial charge is 0.486 e. The molecule has 10 nitrogen and oxygen atoms in total. The molecule has 2 heterocycles. The van der Waals surface area contributed by atoms with Gasteiger partial charge in [0.2, 0.25) is 0 Å². The zero-order chi connectivity index (χ0) is 21.5. The van der Waals surface area contributed by atoms with Gasteiger partial charge in [-0.05, 0) is 24.3 Å². The first-order valence-electron chi connectivity index (χ1n) is 9.25. The second kappa shape index (κ2) is 9.70. The molecule has 0 bridgehead atoms. The minimum atomic E-state index is -0.653. The Bertz CT molecular complexity index is 982. The molecule has 0 saturated carbocycles. The molecule has 1 aliphatic heterocycles. The van der Waals surface area contributed by atoms with E-state index in [1.807, 2.05) is 0 Å². The van der Waals surface area contributed by atoms with Gasteiger partial charge < -0.3 is 30.3 Å². The predicted molar refractivity (Wildman–Crippen MR) is 109 cm³/mol. The maximum atomic E-state index is 12.7. The number of fused-ring (bicyclic) bond motifs is 1. The number of allylic oxidation sites excluding steroid dienone is 1. The van der Waals surface area contributed by atoms with Crippen LogP contribution in [0.15, 0.2) is 42.2 Å². The Morgan fingerprint density at radius 1 is 1.27 bits per heavy atom. The highest BCUT2D eigenvalue weighted by Gasteiger charge is 2.21. The molecule has 1 aromatic heterocycles. The van der Waals surface area contributed by atoms with Crippen LogP contribution >= 0.6 is 0 Å². The minimum absolute atomic E-state index is 0.0230. The molecular formula is C20H23N5O5. The first-order chi connectivity index (χ1) is 14.5. The number of carbonyl (C=O) groups excluding carboxylic acids is 2. The Kier molecular flexibility index (Phi) is 6.81. The van der Waals surface area contributed by atoms with Crippen molar-refractivity contribution in [1.29, 1.82) is 5.41 Å². The van der Waals surface area contributed by atoms with Crippen molar-refractivity contribution in [1.82, 2.24) is 15.1 Å². The van der Waals surface area contributed by atoms with Crippen LogP contribution in [0, 0.1) is 5.41 Å². The van der Waals surface area contributed by atoms with Gasteiger partial charge in [0.1, 0.15) is 18.8 Å². The van der Waals surface area contributed by atoms with Gasteiger partial charge in [0.15, 0.2) is 11.5 Å². The molecular weight excluding hydrogens is 390 g/mol. The monoisotopic (exact) mass is 413 g/mol. The molecule has 0 fully saturated rings. The van der Waals surface area contributed by atoms with E-state index in [1.54, 1.807) is 31.4 Å². The fourth-order valence-electron chi connectivity index (χ4n) is 2.72. The fraction of sp³-hybridized carbons (Fsp3) is 0.300. The van der Waals surface area contributed by atoms with Crippen molar-refractivity contribution in [2.75, 3.05) is 38.8 Å². The van der Waals surface area contributed by atoms with E-state index in [4.69, 9.17) is 19.6 Å². The number of anilines is 1. The van der Waals surface area contributed by atoms with Crippen LogP contribution in [-0.2, 0) is 21.4 Å². The first-order valence-corrected chi connectivity index (χ1v) is 9.25. The number of nitrogens with zero attached hydrogens (tertiary/aromatic N) is 2. The van der Waals surface area contributed by atoms with Crippen molar-refractivity contribution < 1.29 is 23.8 Å². The number of benzene rings is 1. The van der Waals surface area contributed by atoms with E-state index in [-0.39, 0.29) is 17.8 Å². The summed E-state index contributed by atoms with van der Waals surface area (Å²) in [5.41, 5.74) is 0.680. The van der Waals surface area contributed by atoms with Crippen molar-refractivity contribution >= 4 is 23.2 Å². The molecule has 3 rings (SSSR count). The molecule has 2 aromatic rings. The molecule has 30 heavy (non-hydrogen) atoms. The number of hydrogen-bond acceptors (Lipinski definition) is 7. The second-order valence-corrected chi connectivity index (χ2v) is 6.44. The number of methoxy groups -OCH3 is 1. The number of rotatable bonds is 8. The molecule has 0 spiro atoms. The molecule has 10 heteroatoms. The molecule has 3 N–H and O–H groups in total. The Morgan fingerprint density at radius 3 is 2.73 bits per heavy atom. The maximum absolute atomic E-state index is 12.7. The number of nitrogens with one attached hydrogen (secondary N) is 3. The summed E-state index contributed by atoms with van der Waals surface area (Å²) in [5.74, 6) is -0.160. The average molecular weight is 413 g/mol. The lowest BCUT2D eigenvalue weighted by Gasteiger charge is -2.18. The molecule has 2 amide bonds. The van der Waals surface area contributed by atoms with Crippen LogP contribution in [-0.4, -0.2) is 60.8 Å². The summed E-state index contributed by atoms with van der Waals surface area (Å²) in [5, 5.41) is 17.6. The number of hydrogen-bond donors (Lipinski definition) is 3. The number of carbonyl (C=O) groups is 2. The summed E-state index contributed by atoms with van der Waals surface area (Å²) in [6, 6.07) is 5.01. The number of aryl methyl sites for hydroxylation is 1. The SMILES string of the molecule is COCCNC(=O)/C(=C/C(=N)c1ccc2c(c1)OCCO2)C(=O)Nc1cnn(C)c1. The quantitative estimate of drug-likeness (QED) is 0.194. The highest BCUT2D eigenvalue weighted by Crippen LogP contribution is 2.31. The van der Waals surface area contributed by atoms with Gasteiger partial charge in [0.05, 0.1) is 24.2 Å². The molecule has 0 unspecified atom stereocenters. The number of amides is 2. The van der Waals surface area contributed by atoms with E-state index in [0.717, 1.165) is 0 Å². The van der Waals surface area contributed by atoms with E-state index in [9.17, 15) is 9.59 Å². The Morgan fingerprint density at radius 2 is 2.03 bits per heavy atom. The van der Waals surface area contributed by atoms with Crippen LogP contribution in [0.4, 0.5) is 5.69 Å². The normalized spacial score (nSPS) is 12.9. The van der Waals surface area contributed by atoms with Crippen molar-refractivity contribution in [3.63, 3.8) is 0 Å². The van der Waals surface area contributed by atoms with Crippen molar-refractivity contribution in [2.24, 2.45) is 7.05 Å². The van der Waals surface area contributed by atoms with Crippen molar-refractivity contribution in [3.8, 4) is 11.5 Å². The molecule has 0 radical (unpaired) electrons. The Labute approximate surface area is 173 Å². The first kappa shape index (κ1) is 21.1. The van der Waals surface area contributed by atoms with Crippen LogP contribution in [0.2, 0.25) is 0 Å². The second-order valence-electron chi connectivity index (χ2n) is 6.44. The van der Waals surface area contributed by atoms with Crippen LogP contribution in [0.25, 0.3) is 0 Å². The van der Waals surface area contributed by atoms with Crippen LogP contribution in [0.1, 0.15) is 5.56 Å². The summed E-state index contributed by atoms with van der Waals surface area (Å²) < 4.78 is 17.5. The van der Waals surface area contributed by atoms with E-state index in [2.05, 4.69) is 15.7 Å². The van der Waals surface area contributed by atoms with Gasteiger partial charge in [0.25, 0.3) is 11.8 Å². The van der Waals surface area contributed by atoms with Gasteiger partial charge in [-0.15, -0.1) is 0 Å². The third-order valence-electron chi connectivity index (χ3n) is 4.19. The van der Waals surface area contributed by atoms with Gasteiger partial charge in [0, 0.05) is 32.5 Å². The van der Waals surface area contributed by atoms with Gasteiger partial charge in [-0.25, -0.2) is 0 Å². The number of ether oxygens (including phenoxy) is 3. The van der Waals surface area contributed by atoms with Crippen molar-refractivity contribution in [2.45, 2.75) is 0 Å². The van der Waals surface area contributed by atoms with Gasteiger partial charge in [-0.1, -0.05) is 0 Å². The highest BCUT2D eigenvalue weighted by atomic mass is 16.6. The van der Waals surface area contributed by atoms with E-state index in [1.165, 1.54) is 24.1 Å². The molecule has 158 valence electrons. The summed E-state index contributed by atoms with van der Waals surface area (Å²) in [6.07, 6.45) is 4.29. The number of aromatic nitrogens is 2. The predicted octanol–water partition coefficient (Wildman–Crippen LogP) is 0.887. The van der Waals surface area contributed by atoms with Crippen molar-refractivity contribution in [3.05, 3.63) is 47.8 Å². The van der Waals surface area contributed by atoms with Gasteiger partial charge >= 0.3 is 0 Å². The standard InChI is InChI=1S/C20H23N5O5/c1-25-12-14(11-23-25)24-20(27)15(19(26)22-5-6-28-2)10-16(21)13-3-4-17-18(9-13)30-8-7-29-17/h3-4,9-12,21H,5-8H2,1-2H3,(H,22,26)(H,24,27)/b15-10-,21-16?. The molecule has 1 aromatic carbocycles. The minimum Gasteiger partial charge on any atom is -0.486 e. The Balaban J connectivity index is 1.83. The van der Waals surface area contributed by atoms with E-state index in [0.29, 0.717) is 42.6 Å². The molecule has 0 atom stereocenters. The zero-order valence-corrected chi connectivity index (χ0v) is 16.7. The van der Waals surface area contributed by atoms with Crippen LogP contribution < -0.4 is 20.1 Å². The lowest BCUT2D eigenvalue weighted by molar-refractivity contribution is -0.121. The Hall–Kier alpha value is -3.66. The average Bonchev–Trinajstić information content (AvgIpc) is 3.15. The molecule has 0 aliphatic carbocycles. The van der Waals surface area contributed by atoms with Gasteiger partial charge in [-0.2, -0.15) is 5.10 Å². The summed E-state index contributed by atoms with van der Waals surface area (Å²) >= 11 is 0. The van der Waals surface area contributed by atoms with Crippen LogP contribution in [0.3, 0.4) is 0 Å². The fourth-order valence-corrected chi connectivity index (χ4v) is 2.72. The highest BCUT2D eigenvalue weighted by molar-refractivity contribution is 6.26. The lowest BCUT2D eigenvalue weighted by atomic mass is 10.1. The van der Waals surface area contributed by atoms with Crippen LogP contribution in [0.5, 0.6) is 11.5 Å². The molecule has 0 saturated heterocycles. The van der Waals surface area contributed by atoms with Gasteiger partial charge in [-0.3, -0.25) is 14.3 Å².